The first-order valence-corrected chi connectivity index (χ1v) is 23.9. The highest BCUT2D eigenvalue weighted by molar-refractivity contribution is 9.09. The fourth-order valence-electron chi connectivity index (χ4n) is 5.49. The number of nitrogens with one attached hydrogen (secondary N) is 3. The van der Waals surface area contributed by atoms with Gasteiger partial charge >= 0.3 is 5.97 Å². The molecule has 64 heavy (non-hydrogen) atoms. The molecule has 5 amide bonds. The number of hydrogen-bond acceptors (Lipinski definition) is 14. The van der Waals surface area contributed by atoms with Crippen molar-refractivity contribution in [2.75, 3.05) is 35.3 Å². The summed E-state index contributed by atoms with van der Waals surface area (Å²) in [5.74, 6) is -1.55. The Bertz CT molecular complexity index is 2160. The summed E-state index contributed by atoms with van der Waals surface area (Å²) in [5, 5.41) is 49.1. The number of thioether (sulfide) groups is 2. The number of rotatable bonds is 18. The molecule has 4 atom stereocenters. The van der Waals surface area contributed by atoms with Crippen LogP contribution in [0.2, 0.25) is 0 Å². The molecule has 4 aromatic carbocycles. The molecule has 0 spiro atoms. The number of alkyl halides is 2. The molecule has 1 heterocycles. The Balaban J connectivity index is 0.000000274. The molecule has 1 saturated heterocycles. The topological polar surface area (TPSA) is 258 Å². The van der Waals surface area contributed by atoms with E-state index < -0.39 is 48.0 Å². The van der Waals surface area contributed by atoms with Crippen molar-refractivity contribution in [2.24, 2.45) is 5.73 Å². The van der Waals surface area contributed by atoms with E-state index in [-0.39, 0.29) is 59.9 Å². The standard InChI is InChI=1S/C20H23BrN2O4S.C18H22N2O3S.C6H6BrNO4/c1-13-15(8-5-9-17(13)24)20(27)23-16(18(25)11-22-19(26)10-21)12-28-14-6-3-2-4-7-14;1-12-14(8-5-9-16(12)21)18(23)20-15(17(22)10-19)11-24-13-6-3-2-4-7-13;7-3-6(11)12-8-4(9)1-2-5(8)10/h2-9,16,18,24-25H,10-12H2,1H3,(H,22,26)(H,23,27);2-9,15,17,21-22H,10-11,19H2,1H3,(H,20,23);1-3H2. The van der Waals surface area contributed by atoms with E-state index in [9.17, 15) is 49.2 Å². The molecule has 4 aromatic rings. The van der Waals surface area contributed by atoms with Crippen LogP contribution >= 0.6 is 55.4 Å². The van der Waals surface area contributed by atoms with Gasteiger partial charge in [-0.25, -0.2) is 4.79 Å². The zero-order valence-electron chi connectivity index (χ0n) is 34.9. The molecule has 0 bridgehead atoms. The van der Waals surface area contributed by atoms with E-state index in [0.717, 1.165) is 9.79 Å². The Morgan fingerprint density at radius 1 is 0.688 bits per heavy atom. The predicted molar refractivity (Wildman–Crippen MR) is 251 cm³/mol. The van der Waals surface area contributed by atoms with Crippen LogP contribution in [0.5, 0.6) is 11.5 Å². The summed E-state index contributed by atoms with van der Waals surface area (Å²) in [6, 6.07) is 27.8. The summed E-state index contributed by atoms with van der Waals surface area (Å²) in [6.45, 7) is 3.41. The molecule has 4 unspecified atom stereocenters. The van der Waals surface area contributed by atoms with Crippen molar-refractivity contribution < 1.29 is 54.0 Å². The van der Waals surface area contributed by atoms with Gasteiger partial charge in [-0.3, -0.25) is 24.0 Å². The van der Waals surface area contributed by atoms with E-state index in [1.807, 2.05) is 60.7 Å². The molecule has 0 aliphatic carbocycles. The van der Waals surface area contributed by atoms with Gasteiger partial charge in [-0.2, -0.15) is 0 Å². The third-order valence-electron chi connectivity index (χ3n) is 9.19. The second-order valence-corrected chi connectivity index (χ2v) is 17.1. The van der Waals surface area contributed by atoms with Crippen molar-refractivity contribution in [3.63, 3.8) is 0 Å². The Kier molecular flexibility index (Phi) is 23.4. The molecule has 9 N–H and O–H groups in total. The van der Waals surface area contributed by atoms with Crippen molar-refractivity contribution in [2.45, 2.75) is 60.8 Å². The van der Waals surface area contributed by atoms with Crippen LogP contribution in [0, 0.1) is 13.8 Å². The van der Waals surface area contributed by atoms with Gasteiger partial charge in [0.2, 0.25) is 5.91 Å². The highest BCUT2D eigenvalue weighted by Gasteiger charge is 2.32. The van der Waals surface area contributed by atoms with E-state index in [2.05, 4.69) is 52.6 Å². The molecule has 344 valence electrons. The van der Waals surface area contributed by atoms with Crippen molar-refractivity contribution >= 4 is 90.9 Å². The maximum absolute atomic E-state index is 12.7. The van der Waals surface area contributed by atoms with Crippen molar-refractivity contribution in [1.29, 1.82) is 0 Å². The van der Waals surface area contributed by atoms with Gasteiger partial charge in [0.1, 0.15) is 16.8 Å². The van der Waals surface area contributed by atoms with E-state index in [1.165, 1.54) is 35.7 Å². The third-order valence-corrected chi connectivity index (χ3v) is 12.4. The maximum atomic E-state index is 12.7. The van der Waals surface area contributed by atoms with E-state index in [1.54, 1.807) is 38.1 Å². The second kappa shape index (κ2) is 28.1. The number of nitrogens with zero attached hydrogens (tertiary/aromatic N) is 1. The van der Waals surface area contributed by atoms with Crippen molar-refractivity contribution in [3.8, 4) is 11.5 Å². The second-order valence-electron chi connectivity index (χ2n) is 13.8. The number of aromatic hydroxyl groups is 2. The molecule has 16 nitrogen and oxygen atoms in total. The van der Waals surface area contributed by atoms with Crippen molar-refractivity contribution in [3.05, 3.63) is 119 Å². The van der Waals surface area contributed by atoms with Crippen LogP contribution in [0.15, 0.2) is 107 Å². The number of halogens is 2. The lowest BCUT2D eigenvalue weighted by atomic mass is 10.1. The van der Waals surface area contributed by atoms with Crippen LogP contribution in [-0.4, -0.2) is 121 Å². The first kappa shape index (κ1) is 53.4. The number of aliphatic hydroxyl groups excluding tert-OH is 2. The zero-order valence-corrected chi connectivity index (χ0v) is 39.8. The van der Waals surface area contributed by atoms with Crippen LogP contribution in [0.3, 0.4) is 0 Å². The zero-order chi connectivity index (χ0) is 47.2. The molecule has 0 saturated carbocycles. The third kappa shape index (κ3) is 17.5. The molecular formula is C44H51Br2N5O11S2. The fraction of sp³-hybridized carbons (Fsp3) is 0.318. The number of carbonyl (C=O) groups excluding carboxylic acids is 6. The fourth-order valence-corrected chi connectivity index (χ4v) is 7.85. The molecule has 0 aromatic heterocycles. The number of hydroxylamine groups is 2. The maximum Gasteiger partial charge on any atom is 0.343 e. The normalized spacial score (nSPS) is 13.8. The summed E-state index contributed by atoms with van der Waals surface area (Å²) in [5.41, 5.74) is 7.26. The van der Waals surface area contributed by atoms with Crippen LogP contribution < -0.4 is 21.7 Å². The Morgan fingerprint density at radius 3 is 1.53 bits per heavy atom. The van der Waals surface area contributed by atoms with Gasteiger partial charge in [-0.15, -0.1) is 28.6 Å². The lowest BCUT2D eigenvalue weighted by Gasteiger charge is -2.24. The lowest BCUT2D eigenvalue weighted by molar-refractivity contribution is -0.195. The summed E-state index contributed by atoms with van der Waals surface area (Å²) in [7, 11) is 0. The van der Waals surface area contributed by atoms with E-state index >= 15 is 0 Å². The van der Waals surface area contributed by atoms with Gasteiger partial charge in [0.05, 0.1) is 29.6 Å². The first-order chi connectivity index (χ1) is 30.6. The predicted octanol–water partition coefficient (Wildman–Crippen LogP) is 4.36. The quantitative estimate of drug-likeness (QED) is 0.0392. The Hall–Kier alpha value is -4.96. The molecule has 0 radical (unpaired) electrons. The number of benzene rings is 4. The monoisotopic (exact) mass is 1050 g/mol. The van der Waals surface area contributed by atoms with Gasteiger partial charge in [0.15, 0.2) is 0 Å². The molecule has 20 heteroatoms. The number of hydrogen-bond donors (Lipinski definition) is 8. The van der Waals surface area contributed by atoms with Gasteiger partial charge in [-0.05, 0) is 62.4 Å². The average molecular weight is 1050 g/mol. The SMILES string of the molecule is Cc1c(O)cccc1C(=O)NC(CSc1ccccc1)C(O)CN.Cc1c(O)cccc1C(=O)NC(CSc1ccccc1)C(O)CNC(=O)CBr.O=C(CBr)ON1C(=O)CCC1=O. The summed E-state index contributed by atoms with van der Waals surface area (Å²) in [6.07, 6.45) is -1.58. The number of phenols is 2. The molecular weight excluding hydrogens is 998 g/mol. The highest BCUT2D eigenvalue weighted by Crippen LogP contribution is 2.24. The largest absolute Gasteiger partial charge is 0.508 e. The summed E-state index contributed by atoms with van der Waals surface area (Å²) >= 11 is 8.93. The molecule has 5 rings (SSSR count). The van der Waals surface area contributed by atoms with Crippen LogP contribution in [0.4, 0.5) is 0 Å². The number of amides is 5. The highest BCUT2D eigenvalue weighted by atomic mass is 79.9. The van der Waals surface area contributed by atoms with Crippen molar-refractivity contribution in [1.82, 2.24) is 21.0 Å². The van der Waals surface area contributed by atoms with E-state index in [4.69, 9.17) is 5.73 Å². The average Bonchev–Trinajstić information content (AvgIpc) is 3.62. The minimum atomic E-state index is -0.972. The summed E-state index contributed by atoms with van der Waals surface area (Å²) in [4.78, 5) is 75.5. The van der Waals surface area contributed by atoms with Gasteiger partial charge < -0.3 is 46.9 Å². The number of nitrogens with two attached hydrogens (primary N) is 1. The van der Waals surface area contributed by atoms with Gasteiger partial charge in [0.25, 0.3) is 23.6 Å². The number of carbonyl (C=O) groups is 6. The lowest BCUT2D eigenvalue weighted by Crippen LogP contribution is -2.50. The summed E-state index contributed by atoms with van der Waals surface area (Å²) < 4.78 is 0. The number of aliphatic hydroxyl groups is 2. The minimum Gasteiger partial charge on any atom is -0.508 e. The molecule has 1 aliphatic rings. The smallest absolute Gasteiger partial charge is 0.343 e. The van der Waals surface area contributed by atoms with Crippen LogP contribution in [0.25, 0.3) is 0 Å². The number of phenolic OH excluding ortho intramolecular Hbond substituents is 2. The minimum absolute atomic E-state index is 0.0176. The van der Waals surface area contributed by atoms with Gasteiger partial charge in [-0.1, -0.05) is 80.4 Å². The van der Waals surface area contributed by atoms with Crippen LogP contribution in [0.1, 0.15) is 44.7 Å². The molecule has 1 fully saturated rings. The first-order valence-electron chi connectivity index (χ1n) is 19.7. The molecule has 1 aliphatic heterocycles. The number of imide groups is 1. The Morgan fingerprint density at radius 2 is 1.12 bits per heavy atom. The van der Waals surface area contributed by atoms with Crippen LogP contribution in [-0.2, 0) is 24.0 Å². The van der Waals surface area contributed by atoms with E-state index in [0.29, 0.717) is 38.8 Å². The Labute approximate surface area is 396 Å². The van der Waals surface area contributed by atoms with Gasteiger partial charge in [0, 0.05) is 69.5 Å².